The average Bonchev–Trinajstić information content (AvgIpc) is 2.98. The highest BCUT2D eigenvalue weighted by atomic mass is 19.1. The maximum Gasteiger partial charge on any atom is 0.255 e. The Morgan fingerprint density at radius 2 is 1.63 bits per heavy atom. The summed E-state index contributed by atoms with van der Waals surface area (Å²) in [6.07, 6.45) is 4.17. The van der Waals surface area contributed by atoms with Crippen molar-refractivity contribution in [3.05, 3.63) is 130 Å². The molecule has 1 saturated heterocycles. The van der Waals surface area contributed by atoms with E-state index in [1.54, 1.807) is 42.5 Å². The Labute approximate surface area is 236 Å². The average molecular weight is 549 g/mol. The molecule has 8 heteroatoms. The van der Waals surface area contributed by atoms with Gasteiger partial charge in [0.2, 0.25) is 5.91 Å². The van der Waals surface area contributed by atoms with E-state index in [4.69, 9.17) is 0 Å². The van der Waals surface area contributed by atoms with E-state index in [1.807, 2.05) is 47.0 Å². The quantitative estimate of drug-likeness (QED) is 0.311. The van der Waals surface area contributed by atoms with Crippen LogP contribution in [0.4, 0.5) is 21.5 Å². The summed E-state index contributed by atoms with van der Waals surface area (Å²) in [5, 5.41) is 5.58. The molecule has 6 rings (SSSR count). The number of hydrogen-bond donors (Lipinski definition) is 2. The number of anilines is 3. The van der Waals surface area contributed by atoms with Gasteiger partial charge in [0.1, 0.15) is 5.82 Å². The number of piperidine rings is 1. The van der Waals surface area contributed by atoms with E-state index in [0.29, 0.717) is 25.3 Å². The highest BCUT2D eigenvalue weighted by molar-refractivity contribution is 6.08. The van der Waals surface area contributed by atoms with Crippen LogP contribution in [0.15, 0.2) is 102 Å². The lowest BCUT2D eigenvalue weighted by Crippen LogP contribution is -2.47. The lowest BCUT2D eigenvalue weighted by atomic mass is 9.83. The zero-order chi connectivity index (χ0) is 28.3. The number of halogens is 1. The third kappa shape index (κ3) is 5.68. The number of rotatable bonds is 6. The number of nitrogens with one attached hydrogen (secondary N) is 2. The first kappa shape index (κ1) is 26.3. The fourth-order valence-corrected chi connectivity index (χ4v) is 5.81. The summed E-state index contributed by atoms with van der Waals surface area (Å²) in [5.74, 6) is -0.915. The molecule has 2 aliphatic heterocycles. The number of para-hydroxylation sites is 1. The van der Waals surface area contributed by atoms with Gasteiger partial charge >= 0.3 is 0 Å². The minimum atomic E-state index is -0.531. The minimum Gasteiger partial charge on any atom is -0.369 e. The number of benzene rings is 3. The van der Waals surface area contributed by atoms with Gasteiger partial charge < -0.3 is 20.1 Å². The van der Waals surface area contributed by atoms with Gasteiger partial charge in [-0.05, 0) is 60.4 Å². The molecule has 1 fully saturated rings. The first-order valence-corrected chi connectivity index (χ1v) is 13.6. The van der Waals surface area contributed by atoms with Crippen molar-refractivity contribution < 1.29 is 14.0 Å². The van der Waals surface area contributed by atoms with Crippen LogP contribution in [0.5, 0.6) is 0 Å². The number of fused-ring (bicyclic) bond motifs is 4. The minimum absolute atomic E-state index is 0.0222. The van der Waals surface area contributed by atoms with Crippen LogP contribution in [0.3, 0.4) is 0 Å². The third-order valence-corrected chi connectivity index (χ3v) is 7.69. The highest BCUT2D eigenvalue weighted by Crippen LogP contribution is 2.39. The molecule has 2 bridgehead atoms. The summed E-state index contributed by atoms with van der Waals surface area (Å²) in [7, 11) is 0. The number of aromatic nitrogens is 1. The molecule has 2 unspecified atom stereocenters. The van der Waals surface area contributed by atoms with E-state index in [1.165, 1.54) is 18.2 Å². The second kappa shape index (κ2) is 11.3. The number of nitrogens with zero attached hydrogens (tertiary/aromatic N) is 2. The topological polar surface area (TPSA) is 83.4 Å². The van der Waals surface area contributed by atoms with Crippen molar-refractivity contribution in [2.24, 2.45) is 5.92 Å². The predicted molar refractivity (Wildman–Crippen MR) is 159 cm³/mol. The van der Waals surface area contributed by atoms with Crippen LogP contribution >= 0.6 is 0 Å². The number of amides is 2. The van der Waals surface area contributed by atoms with Crippen molar-refractivity contribution >= 4 is 35.0 Å². The molecular formula is C33H29FN4O3. The van der Waals surface area contributed by atoms with Gasteiger partial charge in [-0.15, -0.1) is 0 Å². The molecule has 41 heavy (non-hydrogen) atoms. The SMILES string of the molecule is O=C(/C=C/c1ccccc1)Nc1cc(C(=O)Nc2ccccc2F)ccc1N1CC2CC(C1)c1cccc(=O)n1C2. The van der Waals surface area contributed by atoms with E-state index in [0.717, 1.165) is 23.4 Å². The van der Waals surface area contributed by atoms with Crippen molar-refractivity contribution in [3.8, 4) is 0 Å². The summed E-state index contributed by atoms with van der Waals surface area (Å²) in [5.41, 5.74) is 3.57. The van der Waals surface area contributed by atoms with Crippen LogP contribution in [0.25, 0.3) is 6.08 Å². The zero-order valence-electron chi connectivity index (χ0n) is 22.3. The van der Waals surface area contributed by atoms with Gasteiger partial charge in [0.25, 0.3) is 11.5 Å². The summed E-state index contributed by atoms with van der Waals surface area (Å²) in [6.45, 7) is 2.02. The Morgan fingerprint density at radius 3 is 2.46 bits per heavy atom. The molecule has 0 aliphatic carbocycles. The number of pyridine rings is 1. The normalized spacial score (nSPS) is 17.6. The highest BCUT2D eigenvalue weighted by Gasteiger charge is 2.35. The van der Waals surface area contributed by atoms with Gasteiger partial charge in [0, 0.05) is 49.0 Å². The Hall–Kier alpha value is -4.98. The molecule has 7 nitrogen and oxygen atoms in total. The predicted octanol–water partition coefficient (Wildman–Crippen LogP) is 5.52. The third-order valence-electron chi connectivity index (χ3n) is 7.69. The lowest BCUT2D eigenvalue weighted by Gasteiger charge is -2.44. The smallest absolute Gasteiger partial charge is 0.255 e. The van der Waals surface area contributed by atoms with Crippen LogP contribution < -0.4 is 21.1 Å². The van der Waals surface area contributed by atoms with E-state index >= 15 is 0 Å². The Balaban J connectivity index is 1.30. The van der Waals surface area contributed by atoms with Crippen molar-refractivity contribution in [3.63, 3.8) is 0 Å². The summed E-state index contributed by atoms with van der Waals surface area (Å²) in [6, 6.07) is 26.0. The Bertz CT molecular complexity index is 1700. The molecular weight excluding hydrogens is 519 g/mol. The first-order valence-electron chi connectivity index (χ1n) is 13.6. The summed E-state index contributed by atoms with van der Waals surface area (Å²) >= 11 is 0. The van der Waals surface area contributed by atoms with Crippen LogP contribution in [0, 0.1) is 11.7 Å². The van der Waals surface area contributed by atoms with Gasteiger partial charge in [-0.25, -0.2) is 4.39 Å². The van der Waals surface area contributed by atoms with E-state index in [9.17, 15) is 18.8 Å². The van der Waals surface area contributed by atoms with Crippen molar-refractivity contribution in [2.45, 2.75) is 18.9 Å². The number of carbonyl (C=O) groups excluding carboxylic acids is 2. The van der Waals surface area contributed by atoms with Crippen molar-refractivity contribution in [1.29, 1.82) is 0 Å². The van der Waals surface area contributed by atoms with Crippen LogP contribution in [-0.4, -0.2) is 29.5 Å². The fraction of sp³-hybridized carbons (Fsp3) is 0.182. The molecule has 1 aromatic heterocycles. The van der Waals surface area contributed by atoms with Crippen molar-refractivity contribution in [1.82, 2.24) is 4.57 Å². The Kier molecular flexibility index (Phi) is 7.20. The molecule has 3 aromatic carbocycles. The van der Waals surface area contributed by atoms with Gasteiger partial charge in [0.15, 0.2) is 0 Å². The fourth-order valence-electron chi connectivity index (χ4n) is 5.81. The molecule has 0 spiro atoms. The van der Waals surface area contributed by atoms with Crippen LogP contribution in [-0.2, 0) is 11.3 Å². The molecule has 3 heterocycles. The molecule has 2 N–H and O–H groups in total. The molecule has 0 radical (unpaired) electrons. The summed E-state index contributed by atoms with van der Waals surface area (Å²) in [4.78, 5) is 40.8. The molecule has 2 aliphatic rings. The van der Waals surface area contributed by atoms with Crippen LogP contribution in [0.2, 0.25) is 0 Å². The van der Waals surface area contributed by atoms with Gasteiger partial charge in [-0.3, -0.25) is 14.4 Å². The number of carbonyl (C=O) groups is 2. The number of hydrogen-bond acceptors (Lipinski definition) is 4. The maximum atomic E-state index is 14.2. The summed E-state index contributed by atoms with van der Waals surface area (Å²) < 4.78 is 16.1. The second-order valence-corrected chi connectivity index (χ2v) is 10.5. The second-order valence-electron chi connectivity index (χ2n) is 10.5. The standard InChI is InChI=1S/C33H29FN4O3/c34-26-9-4-5-10-27(26)36-33(41)24-14-15-30(28(18-24)35-31(39)16-13-22-7-2-1-3-8-22)37-19-23-17-25(21-37)29-11-6-12-32(40)38(29)20-23/h1-16,18,23,25H,17,19-21H2,(H,35,39)(H,36,41)/b16-13+. The van der Waals surface area contributed by atoms with Gasteiger partial charge in [-0.2, -0.15) is 0 Å². The van der Waals surface area contributed by atoms with E-state index in [2.05, 4.69) is 15.5 Å². The van der Waals surface area contributed by atoms with Crippen LogP contribution in [0.1, 0.15) is 34.0 Å². The van der Waals surface area contributed by atoms with E-state index < -0.39 is 11.7 Å². The molecule has 206 valence electrons. The monoisotopic (exact) mass is 548 g/mol. The van der Waals surface area contributed by atoms with E-state index in [-0.39, 0.29) is 34.6 Å². The maximum absolute atomic E-state index is 14.2. The molecule has 0 saturated carbocycles. The lowest BCUT2D eigenvalue weighted by molar-refractivity contribution is -0.111. The first-order chi connectivity index (χ1) is 19.9. The molecule has 4 aromatic rings. The van der Waals surface area contributed by atoms with Crippen molar-refractivity contribution in [2.75, 3.05) is 28.6 Å². The molecule has 2 atom stereocenters. The van der Waals surface area contributed by atoms with Gasteiger partial charge in [-0.1, -0.05) is 48.5 Å². The molecule has 2 amide bonds. The van der Waals surface area contributed by atoms with Gasteiger partial charge in [0.05, 0.1) is 17.1 Å². The Morgan fingerprint density at radius 1 is 0.829 bits per heavy atom. The largest absolute Gasteiger partial charge is 0.369 e. The zero-order valence-corrected chi connectivity index (χ0v) is 22.3.